The number of nitrogens with zero attached hydrogens (tertiary/aromatic N) is 1. The zero-order valence-corrected chi connectivity index (χ0v) is 20.0. The van der Waals surface area contributed by atoms with Crippen molar-refractivity contribution in [3.05, 3.63) is 47.8 Å². The molecule has 1 heterocycles. The number of alkyl halides is 3. The van der Waals surface area contributed by atoms with Crippen molar-refractivity contribution < 1.29 is 50.1 Å². The third kappa shape index (κ3) is 6.17. The summed E-state index contributed by atoms with van der Waals surface area (Å²) < 4.78 is 91.6. The van der Waals surface area contributed by atoms with Crippen molar-refractivity contribution >= 4 is 33.5 Å². The van der Waals surface area contributed by atoms with Crippen LogP contribution in [0.1, 0.15) is 32.8 Å². The lowest BCUT2D eigenvalue weighted by molar-refractivity contribution is -0.140. The number of fused-ring (bicyclic) bond motifs is 1. The molecule has 9 nitrogen and oxygen atoms in total. The first kappa shape index (κ1) is 27.0. The number of rotatable bonds is 5. The number of carboxylic acid groups (broad SMARTS) is 1. The molecule has 196 valence electrons. The third-order valence-corrected chi connectivity index (χ3v) is 6.55. The maximum atomic E-state index is 13.8. The van der Waals surface area contributed by atoms with Gasteiger partial charge in [-0.15, -0.1) is 0 Å². The van der Waals surface area contributed by atoms with E-state index in [2.05, 4.69) is 5.32 Å². The molecule has 0 spiro atoms. The van der Waals surface area contributed by atoms with E-state index < -0.39 is 69.2 Å². The van der Waals surface area contributed by atoms with Crippen LogP contribution in [0.15, 0.2) is 41.3 Å². The largest absolute Gasteiger partial charge is 0.486 e. The molecular weight excluding hydrogens is 512 g/mol. The van der Waals surface area contributed by atoms with E-state index in [9.17, 15) is 35.6 Å². The summed E-state index contributed by atoms with van der Waals surface area (Å²) in [7, 11) is -4.77. The van der Waals surface area contributed by atoms with E-state index >= 15 is 0 Å². The van der Waals surface area contributed by atoms with Crippen LogP contribution in [0.4, 0.5) is 33.7 Å². The second-order valence-electron chi connectivity index (χ2n) is 8.82. The molecule has 1 aliphatic rings. The number of aliphatic carboxylic acids is 1. The number of ether oxygens (including phenoxy) is 2. The second-order valence-corrected chi connectivity index (χ2v) is 10.7. The molecular formula is C22H22F4N2O7S. The van der Waals surface area contributed by atoms with Gasteiger partial charge in [-0.3, -0.25) is 14.4 Å². The second kappa shape index (κ2) is 9.48. The molecule has 1 atom stereocenters. The summed E-state index contributed by atoms with van der Waals surface area (Å²) in [5.41, 5.74) is -2.72. The van der Waals surface area contributed by atoms with Crippen LogP contribution in [-0.4, -0.2) is 43.8 Å². The maximum Gasteiger partial charge on any atom is 0.419 e. The van der Waals surface area contributed by atoms with Crippen molar-refractivity contribution in [1.29, 1.82) is 0 Å². The molecule has 1 aliphatic heterocycles. The highest BCUT2D eigenvalue weighted by Crippen LogP contribution is 2.40. The lowest BCUT2D eigenvalue weighted by atomic mass is 10.1. The first-order valence-electron chi connectivity index (χ1n) is 10.4. The number of benzene rings is 2. The zero-order chi connectivity index (χ0) is 27.1. The molecule has 3 rings (SSSR count). The van der Waals surface area contributed by atoms with E-state index in [1.165, 1.54) is 18.2 Å². The van der Waals surface area contributed by atoms with Gasteiger partial charge in [0.2, 0.25) is 0 Å². The molecule has 0 fully saturated rings. The molecule has 0 bridgehead atoms. The Balaban J connectivity index is 2.07. The van der Waals surface area contributed by atoms with Gasteiger partial charge >= 0.3 is 18.2 Å². The van der Waals surface area contributed by atoms with Gasteiger partial charge in [0.15, 0.2) is 0 Å². The van der Waals surface area contributed by atoms with Crippen LogP contribution in [-0.2, 0) is 25.7 Å². The van der Waals surface area contributed by atoms with E-state index in [-0.39, 0.29) is 23.2 Å². The smallest absolute Gasteiger partial charge is 0.419 e. The Morgan fingerprint density at radius 3 is 2.42 bits per heavy atom. The highest BCUT2D eigenvalue weighted by Gasteiger charge is 2.39. The fourth-order valence-electron chi connectivity index (χ4n) is 3.35. The minimum Gasteiger partial charge on any atom is -0.486 e. The van der Waals surface area contributed by atoms with Crippen LogP contribution >= 0.6 is 0 Å². The monoisotopic (exact) mass is 534 g/mol. The third-order valence-electron chi connectivity index (χ3n) is 4.77. The molecule has 2 aromatic carbocycles. The summed E-state index contributed by atoms with van der Waals surface area (Å²) >= 11 is 0. The minimum absolute atomic E-state index is 0.0681. The van der Waals surface area contributed by atoms with Gasteiger partial charge in [-0.25, -0.2) is 17.6 Å². The molecule has 36 heavy (non-hydrogen) atoms. The standard InChI is InChI=1S/C22H22F4N2O7S/c1-21(2,3)35-20(31)27-12-4-7-18-17(8-12)28(11-13(34-18)9-19(29)30)36(32,33)14-5-6-16(23)15(10-14)22(24,25)26/h4-8,10,13H,9,11H2,1-3H3,(H,27,31)(H,29,30). The molecule has 0 saturated heterocycles. The predicted octanol–water partition coefficient (Wildman–Crippen LogP) is 4.62. The van der Waals surface area contributed by atoms with Crippen molar-refractivity contribution in [1.82, 2.24) is 0 Å². The number of nitrogens with one attached hydrogen (secondary N) is 1. The number of sulfonamides is 1. The minimum atomic E-state index is -5.16. The highest BCUT2D eigenvalue weighted by atomic mass is 32.2. The van der Waals surface area contributed by atoms with Crippen LogP contribution in [0, 0.1) is 5.82 Å². The van der Waals surface area contributed by atoms with E-state index in [0.717, 1.165) is 0 Å². The summed E-state index contributed by atoms with van der Waals surface area (Å²) in [5, 5.41) is 11.5. The molecule has 1 unspecified atom stereocenters. The number of anilines is 2. The van der Waals surface area contributed by atoms with E-state index in [4.69, 9.17) is 14.6 Å². The molecule has 0 aromatic heterocycles. The molecule has 2 N–H and O–H groups in total. The fraction of sp³-hybridized carbons (Fsp3) is 0.364. The number of carbonyl (C=O) groups excluding carboxylic acids is 1. The summed E-state index contributed by atoms with van der Waals surface area (Å²) in [6.45, 7) is 4.31. The SMILES string of the molecule is CC(C)(C)OC(=O)Nc1ccc2c(c1)N(S(=O)(=O)c1ccc(F)c(C(F)(F)F)c1)CC(CC(=O)O)O2. The summed E-state index contributed by atoms with van der Waals surface area (Å²) in [5.74, 6) is -3.05. The number of hydrogen-bond donors (Lipinski definition) is 2. The number of carbonyl (C=O) groups is 2. The fourth-order valence-corrected chi connectivity index (χ4v) is 4.87. The molecule has 0 aliphatic carbocycles. The Kier molecular flexibility index (Phi) is 7.12. The molecule has 0 radical (unpaired) electrons. The van der Waals surface area contributed by atoms with Gasteiger partial charge < -0.3 is 14.6 Å². The predicted molar refractivity (Wildman–Crippen MR) is 119 cm³/mol. The molecule has 2 aromatic rings. The van der Waals surface area contributed by atoms with Crippen LogP contribution in [0.25, 0.3) is 0 Å². The van der Waals surface area contributed by atoms with Crippen LogP contribution in [0.5, 0.6) is 5.75 Å². The number of halogens is 4. The Labute approximate surface area is 203 Å². The van der Waals surface area contributed by atoms with Crippen LogP contribution in [0.3, 0.4) is 0 Å². The first-order valence-corrected chi connectivity index (χ1v) is 11.8. The van der Waals surface area contributed by atoms with E-state index in [0.29, 0.717) is 16.4 Å². The average Bonchev–Trinajstić information content (AvgIpc) is 2.70. The van der Waals surface area contributed by atoms with Crippen molar-refractivity contribution in [3.63, 3.8) is 0 Å². The summed E-state index contributed by atoms with van der Waals surface area (Å²) in [6, 6.07) is 5.01. The topological polar surface area (TPSA) is 122 Å². The van der Waals surface area contributed by atoms with Crippen molar-refractivity contribution in [2.75, 3.05) is 16.2 Å². The Bertz CT molecular complexity index is 1290. The first-order chi connectivity index (χ1) is 16.5. The summed E-state index contributed by atoms with van der Waals surface area (Å²) in [4.78, 5) is 22.5. The Morgan fingerprint density at radius 2 is 1.83 bits per heavy atom. The zero-order valence-electron chi connectivity index (χ0n) is 19.2. The lowest BCUT2D eigenvalue weighted by Crippen LogP contribution is -2.44. The normalized spacial score (nSPS) is 16.1. The Hall–Kier alpha value is -3.55. The van der Waals surface area contributed by atoms with Gasteiger partial charge in [-0.05, 0) is 57.2 Å². The Morgan fingerprint density at radius 1 is 1.17 bits per heavy atom. The van der Waals surface area contributed by atoms with E-state index in [1.54, 1.807) is 20.8 Å². The van der Waals surface area contributed by atoms with Crippen LogP contribution in [0.2, 0.25) is 0 Å². The van der Waals surface area contributed by atoms with Gasteiger partial charge in [-0.1, -0.05) is 0 Å². The van der Waals surface area contributed by atoms with Gasteiger partial charge in [0.1, 0.15) is 23.3 Å². The van der Waals surface area contributed by atoms with Gasteiger partial charge in [0.25, 0.3) is 10.0 Å². The number of hydrogen-bond acceptors (Lipinski definition) is 6. The van der Waals surface area contributed by atoms with Crippen molar-refractivity contribution in [2.45, 2.75) is 50.0 Å². The van der Waals surface area contributed by atoms with Gasteiger partial charge in [0.05, 0.1) is 29.1 Å². The molecule has 0 saturated carbocycles. The lowest BCUT2D eigenvalue weighted by Gasteiger charge is -2.35. The number of amides is 1. The maximum absolute atomic E-state index is 13.8. The van der Waals surface area contributed by atoms with Crippen molar-refractivity contribution in [2.24, 2.45) is 0 Å². The number of carboxylic acids is 1. The highest BCUT2D eigenvalue weighted by molar-refractivity contribution is 7.92. The van der Waals surface area contributed by atoms with Gasteiger partial charge in [-0.2, -0.15) is 13.2 Å². The summed E-state index contributed by atoms with van der Waals surface area (Å²) in [6.07, 6.45) is -7.81. The van der Waals surface area contributed by atoms with E-state index in [1.807, 2.05) is 0 Å². The van der Waals surface area contributed by atoms with Gasteiger partial charge in [0, 0.05) is 5.69 Å². The molecule has 14 heteroatoms. The van der Waals surface area contributed by atoms with Crippen LogP contribution < -0.4 is 14.4 Å². The molecule has 1 amide bonds. The average molecular weight is 534 g/mol. The van der Waals surface area contributed by atoms with Crippen molar-refractivity contribution in [3.8, 4) is 5.75 Å². The quantitative estimate of drug-likeness (QED) is 0.537.